The van der Waals surface area contributed by atoms with Gasteiger partial charge in [0.25, 0.3) is 0 Å². The minimum atomic E-state index is 0.696. The van der Waals surface area contributed by atoms with Gasteiger partial charge >= 0.3 is 0 Å². The van der Waals surface area contributed by atoms with E-state index in [0.717, 1.165) is 28.2 Å². The van der Waals surface area contributed by atoms with E-state index >= 15 is 0 Å². The average Bonchev–Trinajstić information content (AvgIpc) is 3.13. The van der Waals surface area contributed by atoms with E-state index in [2.05, 4.69) is 40.8 Å². The fourth-order valence-corrected chi connectivity index (χ4v) is 2.75. The Labute approximate surface area is 146 Å². The van der Waals surface area contributed by atoms with Gasteiger partial charge in [-0.1, -0.05) is 36.4 Å². The topological polar surface area (TPSA) is 42.7 Å². The molecule has 1 N–H and O–H groups in total. The van der Waals surface area contributed by atoms with Gasteiger partial charge in [0.05, 0.1) is 11.4 Å². The monoisotopic (exact) mass is 326 g/mol. The summed E-state index contributed by atoms with van der Waals surface area (Å²) in [5.41, 5.74) is 5.22. The molecule has 4 heteroatoms. The molecule has 0 saturated heterocycles. The predicted molar refractivity (Wildman–Crippen MR) is 101 cm³/mol. The Morgan fingerprint density at radius 1 is 0.840 bits per heavy atom. The number of pyridine rings is 1. The molecule has 0 atom stereocenters. The highest BCUT2D eigenvalue weighted by Crippen LogP contribution is 2.24. The molecule has 0 aliphatic carbocycles. The average molecular weight is 326 g/mol. The van der Waals surface area contributed by atoms with Gasteiger partial charge in [-0.2, -0.15) is 5.10 Å². The van der Waals surface area contributed by atoms with E-state index in [-0.39, 0.29) is 0 Å². The van der Waals surface area contributed by atoms with Crippen molar-refractivity contribution in [2.45, 2.75) is 6.54 Å². The molecule has 0 aliphatic heterocycles. The van der Waals surface area contributed by atoms with Crippen LogP contribution in [0.5, 0.6) is 0 Å². The van der Waals surface area contributed by atoms with Gasteiger partial charge in [0, 0.05) is 41.9 Å². The van der Waals surface area contributed by atoms with Crippen molar-refractivity contribution in [1.82, 2.24) is 14.8 Å². The molecule has 4 rings (SSSR count). The van der Waals surface area contributed by atoms with E-state index in [4.69, 9.17) is 5.10 Å². The summed E-state index contributed by atoms with van der Waals surface area (Å²) in [4.78, 5) is 4.23. The molecule has 2 heterocycles. The predicted octanol–water partition coefficient (Wildman–Crippen LogP) is 4.55. The van der Waals surface area contributed by atoms with Crippen molar-refractivity contribution in [3.05, 3.63) is 97.0 Å². The summed E-state index contributed by atoms with van der Waals surface area (Å²) in [6.07, 6.45) is 5.71. The van der Waals surface area contributed by atoms with Crippen LogP contribution in [0.15, 0.2) is 91.4 Å². The molecule has 0 aliphatic rings. The quantitative estimate of drug-likeness (QED) is 0.585. The second-order valence-electron chi connectivity index (χ2n) is 5.74. The van der Waals surface area contributed by atoms with Crippen LogP contribution in [0.3, 0.4) is 0 Å². The molecule has 4 nitrogen and oxygen atoms in total. The van der Waals surface area contributed by atoms with Gasteiger partial charge in [-0.15, -0.1) is 0 Å². The van der Waals surface area contributed by atoms with Crippen LogP contribution in [0, 0.1) is 0 Å². The lowest BCUT2D eigenvalue weighted by molar-refractivity contribution is 0.883. The van der Waals surface area contributed by atoms with Gasteiger partial charge in [-0.05, 0) is 36.4 Å². The largest absolute Gasteiger partial charge is 0.381 e. The smallest absolute Gasteiger partial charge is 0.0992 e. The Hall–Kier alpha value is -3.40. The van der Waals surface area contributed by atoms with Crippen molar-refractivity contribution in [3.63, 3.8) is 0 Å². The summed E-state index contributed by atoms with van der Waals surface area (Å²) in [6, 6.07) is 24.3. The Balaban J connectivity index is 1.69. The molecule has 0 radical (unpaired) electrons. The third-order valence-corrected chi connectivity index (χ3v) is 4.00. The zero-order valence-corrected chi connectivity index (χ0v) is 13.7. The number of nitrogens with zero attached hydrogens (tertiary/aromatic N) is 3. The number of aromatic nitrogens is 3. The highest BCUT2D eigenvalue weighted by molar-refractivity contribution is 5.63. The van der Waals surface area contributed by atoms with Gasteiger partial charge in [0.15, 0.2) is 0 Å². The number of hydrogen-bond acceptors (Lipinski definition) is 3. The highest BCUT2D eigenvalue weighted by Gasteiger charge is 2.12. The van der Waals surface area contributed by atoms with Gasteiger partial charge in [-0.3, -0.25) is 4.98 Å². The number of benzene rings is 2. The second-order valence-corrected chi connectivity index (χ2v) is 5.74. The number of nitrogens with one attached hydrogen (secondary N) is 1. The lowest BCUT2D eigenvalue weighted by atomic mass is 10.1. The molecule has 0 saturated carbocycles. The Morgan fingerprint density at radius 3 is 2.32 bits per heavy atom. The number of anilines is 1. The third-order valence-electron chi connectivity index (χ3n) is 4.00. The molecule has 0 spiro atoms. The zero-order chi connectivity index (χ0) is 16.9. The van der Waals surface area contributed by atoms with Crippen LogP contribution in [0.2, 0.25) is 0 Å². The molecule has 4 aromatic rings. The van der Waals surface area contributed by atoms with Crippen molar-refractivity contribution in [3.8, 4) is 16.9 Å². The van der Waals surface area contributed by atoms with Gasteiger partial charge in [0.1, 0.15) is 0 Å². The maximum atomic E-state index is 4.80. The summed E-state index contributed by atoms with van der Waals surface area (Å²) in [6.45, 7) is 0.696. The van der Waals surface area contributed by atoms with E-state index in [1.165, 1.54) is 0 Å². The molecule has 0 amide bonds. The first-order valence-electron chi connectivity index (χ1n) is 8.23. The maximum Gasteiger partial charge on any atom is 0.0992 e. The Morgan fingerprint density at radius 2 is 1.60 bits per heavy atom. The van der Waals surface area contributed by atoms with Crippen molar-refractivity contribution >= 4 is 5.69 Å². The van der Waals surface area contributed by atoms with Crippen molar-refractivity contribution < 1.29 is 0 Å². The molecule has 0 fully saturated rings. The van der Waals surface area contributed by atoms with Crippen LogP contribution in [-0.4, -0.2) is 14.8 Å². The fraction of sp³-hybridized carbons (Fsp3) is 0.0476. The molecule has 122 valence electrons. The van der Waals surface area contributed by atoms with Gasteiger partial charge < -0.3 is 5.32 Å². The first-order chi connectivity index (χ1) is 12.4. The van der Waals surface area contributed by atoms with Crippen LogP contribution in [-0.2, 0) is 6.54 Å². The molecule has 2 aromatic heterocycles. The van der Waals surface area contributed by atoms with Crippen LogP contribution >= 0.6 is 0 Å². The van der Waals surface area contributed by atoms with Crippen LogP contribution in [0.4, 0.5) is 5.69 Å². The number of rotatable bonds is 5. The standard InChI is InChI=1S/C21H18N4/c1-3-9-19(10-4-1)23-15-18-16-25(20-11-5-2-6-12-20)24-21(18)17-8-7-13-22-14-17/h1-14,16,23H,15H2. The van der Waals surface area contributed by atoms with Crippen molar-refractivity contribution in [1.29, 1.82) is 0 Å². The number of para-hydroxylation sites is 2. The zero-order valence-electron chi connectivity index (χ0n) is 13.7. The molecule has 0 unspecified atom stereocenters. The minimum Gasteiger partial charge on any atom is -0.381 e. The fourth-order valence-electron chi connectivity index (χ4n) is 2.75. The summed E-state index contributed by atoms with van der Waals surface area (Å²) in [5.74, 6) is 0. The van der Waals surface area contributed by atoms with E-state index in [1.807, 2.05) is 59.4 Å². The third kappa shape index (κ3) is 3.43. The van der Waals surface area contributed by atoms with Crippen molar-refractivity contribution in [2.75, 3.05) is 5.32 Å². The lowest BCUT2D eigenvalue weighted by Crippen LogP contribution is -1.99. The van der Waals surface area contributed by atoms with E-state index < -0.39 is 0 Å². The van der Waals surface area contributed by atoms with E-state index in [1.54, 1.807) is 6.20 Å². The number of hydrogen-bond donors (Lipinski definition) is 1. The van der Waals surface area contributed by atoms with Gasteiger partial charge in [-0.25, -0.2) is 4.68 Å². The first-order valence-corrected chi connectivity index (χ1v) is 8.23. The summed E-state index contributed by atoms with van der Waals surface area (Å²) >= 11 is 0. The van der Waals surface area contributed by atoms with Crippen LogP contribution < -0.4 is 5.32 Å². The van der Waals surface area contributed by atoms with Gasteiger partial charge in [0.2, 0.25) is 0 Å². The van der Waals surface area contributed by atoms with E-state index in [0.29, 0.717) is 6.54 Å². The molecule has 0 bridgehead atoms. The maximum absolute atomic E-state index is 4.80. The Bertz CT molecular complexity index is 932. The molecular formula is C21H18N4. The van der Waals surface area contributed by atoms with Crippen molar-refractivity contribution in [2.24, 2.45) is 0 Å². The molecule has 2 aromatic carbocycles. The Kier molecular flexibility index (Phi) is 4.25. The SMILES string of the molecule is c1ccc(NCc2cn(-c3ccccc3)nc2-c2cccnc2)cc1. The normalized spacial score (nSPS) is 10.6. The second kappa shape index (κ2) is 7.01. The van der Waals surface area contributed by atoms with E-state index in [9.17, 15) is 0 Å². The summed E-state index contributed by atoms with van der Waals surface area (Å²) in [7, 11) is 0. The first kappa shape index (κ1) is 15.1. The highest BCUT2D eigenvalue weighted by atomic mass is 15.3. The summed E-state index contributed by atoms with van der Waals surface area (Å²) in [5, 5.41) is 8.26. The van der Waals surface area contributed by atoms with Crippen LogP contribution in [0.1, 0.15) is 5.56 Å². The summed E-state index contributed by atoms with van der Waals surface area (Å²) < 4.78 is 1.92. The lowest BCUT2D eigenvalue weighted by Gasteiger charge is -2.06. The van der Waals surface area contributed by atoms with Crippen LogP contribution in [0.25, 0.3) is 16.9 Å². The molecule has 25 heavy (non-hydrogen) atoms. The minimum absolute atomic E-state index is 0.696. The molecular weight excluding hydrogens is 308 g/mol.